The molecule has 1 atom stereocenters. The van der Waals surface area contributed by atoms with E-state index in [-0.39, 0.29) is 5.91 Å². The lowest BCUT2D eigenvalue weighted by atomic mass is 9.95. The maximum atomic E-state index is 13.7. The smallest absolute Gasteiger partial charge is 0.340 e. The fourth-order valence-electron chi connectivity index (χ4n) is 4.86. The molecule has 7 heteroatoms. The van der Waals surface area contributed by atoms with Gasteiger partial charge in [0.15, 0.2) is 6.10 Å². The number of carbonyl (C=O) groups is 2. The molecule has 0 spiro atoms. The molecule has 0 saturated heterocycles. The van der Waals surface area contributed by atoms with E-state index in [1.165, 1.54) is 5.56 Å². The zero-order valence-corrected chi connectivity index (χ0v) is 21.6. The molecule has 1 amide bonds. The molecule has 38 heavy (non-hydrogen) atoms. The average molecular weight is 510 g/mol. The van der Waals surface area contributed by atoms with Gasteiger partial charge in [0.05, 0.1) is 18.2 Å². The van der Waals surface area contributed by atoms with Crippen molar-refractivity contribution in [1.82, 2.24) is 9.88 Å². The maximum Gasteiger partial charge on any atom is 0.340 e. The van der Waals surface area contributed by atoms with Crippen molar-refractivity contribution in [2.75, 3.05) is 19.0 Å². The number of aromatic nitrogens is 1. The maximum absolute atomic E-state index is 13.7. The first-order valence-corrected chi connectivity index (χ1v) is 12.9. The Hall–Kier alpha value is -4.23. The third-order valence-corrected chi connectivity index (χ3v) is 6.85. The van der Waals surface area contributed by atoms with E-state index in [9.17, 15) is 9.59 Å². The summed E-state index contributed by atoms with van der Waals surface area (Å²) in [6.45, 7) is 4.04. The van der Waals surface area contributed by atoms with Crippen LogP contribution < -0.4 is 10.1 Å². The number of rotatable bonds is 8. The monoisotopic (exact) mass is 509 g/mol. The van der Waals surface area contributed by atoms with Crippen molar-refractivity contribution >= 4 is 28.5 Å². The molecule has 1 unspecified atom stereocenters. The highest BCUT2D eigenvalue weighted by Gasteiger charge is 2.29. The number of nitrogens with one attached hydrogen (secondary N) is 1. The van der Waals surface area contributed by atoms with Gasteiger partial charge in [-0.2, -0.15) is 0 Å². The number of amides is 1. The van der Waals surface area contributed by atoms with Crippen LogP contribution in [-0.2, 0) is 29.0 Å². The summed E-state index contributed by atoms with van der Waals surface area (Å²) in [5.41, 5.74) is 4.87. The largest absolute Gasteiger partial charge is 0.497 e. The number of benzene rings is 3. The highest BCUT2D eigenvalue weighted by atomic mass is 16.5. The Morgan fingerprint density at radius 1 is 1.00 bits per heavy atom. The molecule has 1 N–H and O–H groups in total. The number of carbonyl (C=O) groups excluding carboxylic acids is 2. The van der Waals surface area contributed by atoms with Crippen molar-refractivity contribution in [3.05, 3.63) is 101 Å². The van der Waals surface area contributed by atoms with Crippen LogP contribution in [0.1, 0.15) is 40.5 Å². The fraction of sp³-hybridized carbons (Fsp3) is 0.258. The Balaban J connectivity index is 1.41. The Kier molecular flexibility index (Phi) is 7.65. The zero-order chi connectivity index (χ0) is 26.5. The van der Waals surface area contributed by atoms with Gasteiger partial charge in [-0.3, -0.25) is 14.7 Å². The van der Waals surface area contributed by atoms with Gasteiger partial charge in [-0.25, -0.2) is 4.79 Å². The second-order valence-electron chi connectivity index (χ2n) is 9.40. The van der Waals surface area contributed by atoms with E-state index in [1.54, 1.807) is 31.4 Å². The molecule has 1 aliphatic heterocycles. The summed E-state index contributed by atoms with van der Waals surface area (Å²) < 4.78 is 11.0. The predicted molar refractivity (Wildman–Crippen MR) is 147 cm³/mol. The highest BCUT2D eigenvalue weighted by molar-refractivity contribution is 6.06. The van der Waals surface area contributed by atoms with Gasteiger partial charge in [0.2, 0.25) is 0 Å². The van der Waals surface area contributed by atoms with Crippen molar-refractivity contribution in [2.24, 2.45) is 0 Å². The van der Waals surface area contributed by atoms with E-state index in [0.29, 0.717) is 30.0 Å². The van der Waals surface area contributed by atoms with E-state index in [1.807, 2.05) is 49.4 Å². The molecule has 0 saturated carbocycles. The molecular weight excluding hydrogens is 478 g/mol. The van der Waals surface area contributed by atoms with Gasteiger partial charge in [-0.05, 0) is 42.3 Å². The van der Waals surface area contributed by atoms with E-state index in [4.69, 9.17) is 14.5 Å². The summed E-state index contributed by atoms with van der Waals surface area (Å²) in [6, 6.07) is 24.9. The van der Waals surface area contributed by atoms with E-state index >= 15 is 0 Å². The van der Waals surface area contributed by atoms with Crippen LogP contribution in [0.4, 0.5) is 5.69 Å². The van der Waals surface area contributed by atoms with Gasteiger partial charge in [-0.15, -0.1) is 0 Å². The first kappa shape index (κ1) is 25.4. The minimum atomic E-state index is -0.934. The molecular formula is C31H31N3O4. The van der Waals surface area contributed by atoms with Gasteiger partial charge >= 0.3 is 5.97 Å². The van der Waals surface area contributed by atoms with Crippen LogP contribution in [0.15, 0.2) is 78.9 Å². The number of hydrogen-bond donors (Lipinski definition) is 1. The second kappa shape index (κ2) is 11.4. The number of methoxy groups -OCH3 is 1. The van der Waals surface area contributed by atoms with Gasteiger partial charge in [0.25, 0.3) is 5.91 Å². The summed E-state index contributed by atoms with van der Waals surface area (Å²) in [5, 5.41) is 3.58. The molecule has 4 aromatic rings. The Morgan fingerprint density at radius 2 is 1.74 bits per heavy atom. The van der Waals surface area contributed by atoms with Crippen molar-refractivity contribution < 1.29 is 19.1 Å². The van der Waals surface area contributed by atoms with E-state index in [0.717, 1.165) is 41.7 Å². The van der Waals surface area contributed by atoms with Crippen LogP contribution in [0.5, 0.6) is 5.75 Å². The summed E-state index contributed by atoms with van der Waals surface area (Å²) in [4.78, 5) is 34.0. The van der Waals surface area contributed by atoms with Crippen LogP contribution >= 0.6 is 0 Å². The number of ether oxygens (including phenoxy) is 2. The fourth-order valence-corrected chi connectivity index (χ4v) is 4.86. The quantitative estimate of drug-likeness (QED) is 0.322. The molecule has 1 aliphatic rings. The SMILES string of the molecule is CCC(OC(=O)c1c2c(nc3ccccc13)CCN(Cc1ccccc1)C2)C(=O)Nc1ccc(OC)cc1. The Morgan fingerprint density at radius 3 is 2.47 bits per heavy atom. The van der Waals surface area contributed by atoms with E-state index in [2.05, 4.69) is 22.3 Å². The lowest BCUT2D eigenvalue weighted by Crippen LogP contribution is -2.34. The first-order chi connectivity index (χ1) is 18.6. The molecule has 0 radical (unpaired) electrons. The van der Waals surface area contributed by atoms with Crippen LogP contribution in [0, 0.1) is 0 Å². The minimum absolute atomic E-state index is 0.346. The van der Waals surface area contributed by atoms with Crippen molar-refractivity contribution in [2.45, 2.75) is 39.0 Å². The predicted octanol–water partition coefficient (Wildman–Crippen LogP) is 5.38. The third kappa shape index (κ3) is 5.53. The van der Waals surface area contributed by atoms with Crippen LogP contribution in [-0.4, -0.2) is 41.5 Å². The van der Waals surface area contributed by atoms with Crippen molar-refractivity contribution in [3.63, 3.8) is 0 Å². The number of esters is 1. The summed E-state index contributed by atoms with van der Waals surface area (Å²) in [6.07, 6.45) is 0.151. The second-order valence-corrected chi connectivity index (χ2v) is 9.40. The van der Waals surface area contributed by atoms with Crippen molar-refractivity contribution in [1.29, 1.82) is 0 Å². The number of nitrogens with zero attached hydrogens (tertiary/aromatic N) is 2. The molecule has 0 fully saturated rings. The van der Waals surface area contributed by atoms with Crippen LogP contribution in [0.3, 0.4) is 0 Å². The minimum Gasteiger partial charge on any atom is -0.497 e. The number of para-hydroxylation sites is 1. The lowest BCUT2D eigenvalue weighted by molar-refractivity contribution is -0.124. The third-order valence-electron chi connectivity index (χ3n) is 6.85. The average Bonchev–Trinajstić information content (AvgIpc) is 2.95. The number of anilines is 1. The van der Waals surface area contributed by atoms with E-state index < -0.39 is 12.1 Å². The summed E-state index contributed by atoms with van der Waals surface area (Å²) in [5.74, 6) is -0.181. The molecule has 194 valence electrons. The van der Waals surface area contributed by atoms with Gasteiger partial charge in [0, 0.05) is 48.4 Å². The van der Waals surface area contributed by atoms with Crippen molar-refractivity contribution in [3.8, 4) is 5.75 Å². The zero-order valence-electron chi connectivity index (χ0n) is 21.6. The standard InChI is InChI=1S/C31H31N3O4/c1-3-28(30(35)32-22-13-15-23(37-2)16-14-22)38-31(36)29-24-11-7-8-12-26(24)33-27-17-18-34(20-25(27)29)19-21-9-5-4-6-10-21/h4-16,28H,3,17-20H2,1-2H3,(H,32,35). The molecule has 1 aromatic heterocycles. The van der Waals surface area contributed by atoms with Crippen LogP contribution in [0.2, 0.25) is 0 Å². The Labute approximate surface area is 222 Å². The van der Waals surface area contributed by atoms with Gasteiger partial charge in [-0.1, -0.05) is 55.5 Å². The lowest BCUT2D eigenvalue weighted by Gasteiger charge is -2.30. The number of hydrogen-bond acceptors (Lipinski definition) is 6. The molecule has 2 heterocycles. The molecule has 3 aromatic carbocycles. The molecule has 0 aliphatic carbocycles. The van der Waals surface area contributed by atoms with Crippen LogP contribution in [0.25, 0.3) is 10.9 Å². The Bertz CT molecular complexity index is 1440. The normalized spacial score (nSPS) is 13.9. The molecule has 7 nitrogen and oxygen atoms in total. The highest BCUT2D eigenvalue weighted by Crippen LogP contribution is 2.30. The summed E-state index contributed by atoms with van der Waals surface area (Å²) in [7, 11) is 1.59. The molecule has 5 rings (SSSR count). The number of fused-ring (bicyclic) bond motifs is 2. The van der Waals surface area contributed by atoms with Gasteiger partial charge in [0.1, 0.15) is 5.75 Å². The summed E-state index contributed by atoms with van der Waals surface area (Å²) >= 11 is 0. The number of pyridine rings is 1. The first-order valence-electron chi connectivity index (χ1n) is 12.9. The topological polar surface area (TPSA) is 80.8 Å². The van der Waals surface area contributed by atoms with Gasteiger partial charge < -0.3 is 14.8 Å². The molecule has 0 bridgehead atoms.